The number of hydrogen-bond donors (Lipinski definition) is 2. The van der Waals surface area contributed by atoms with Crippen LogP contribution in [0, 0.1) is 0 Å². The summed E-state index contributed by atoms with van der Waals surface area (Å²) in [5, 5.41) is 13.6. The van der Waals surface area contributed by atoms with Gasteiger partial charge in [-0.25, -0.2) is 9.78 Å². The maximum Gasteiger partial charge on any atom is 0.337 e. The Labute approximate surface area is 142 Å². The Bertz CT molecular complexity index is 710. The van der Waals surface area contributed by atoms with Crippen molar-refractivity contribution in [2.75, 3.05) is 12.0 Å². The molecule has 0 amide bonds. The van der Waals surface area contributed by atoms with Gasteiger partial charge in [0.1, 0.15) is 5.82 Å². The van der Waals surface area contributed by atoms with Crippen molar-refractivity contribution in [3.63, 3.8) is 0 Å². The summed E-state index contributed by atoms with van der Waals surface area (Å²) in [6.07, 6.45) is 2.76. The van der Waals surface area contributed by atoms with Crippen LogP contribution in [0.3, 0.4) is 0 Å². The number of benzene rings is 1. The number of nitrogens with one attached hydrogen (secondary N) is 1. The van der Waals surface area contributed by atoms with Crippen molar-refractivity contribution in [3.8, 4) is 5.75 Å². The smallest absolute Gasteiger partial charge is 0.337 e. The lowest BCUT2D eigenvalue weighted by molar-refractivity contribution is 0.0696. The molecular weight excluding hydrogens is 341 g/mol. The third kappa shape index (κ3) is 4.58. The average molecular weight is 354 g/mol. The highest BCUT2D eigenvalue weighted by molar-refractivity contribution is 6.37. The lowest BCUT2D eigenvalue weighted by Crippen LogP contribution is -1.99. The summed E-state index contributed by atoms with van der Waals surface area (Å²) in [5.74, 6) is -0.188. The first-order valence-electron chi connectivity index (χ1n) is 6.61. The van der Waals surface area contributed by atoms with Crippen molar-refractivity contribution in [2.24, 2.45) is 5.10 Å². The van der Waals surface area contributed by atoms with Crippen molar-refractivity contribution in [3.05, 3.63) is 51.6 Å². The van der Waals surface area contributed by atoms with Gasteiger partial charge in [0.25, 0.3) is 0 Å². The van der Waals surface area contributed by atoms with Crippen molar-refractivity contribution in [1.29, 1.82) is 0 Å². The van der Waals surface area contributed by atoms with Gasteiger partial charge in [0.05, 0.1) is 28.4 Å². The van der Waals surface area contributed by atoms with Crippen LogP contribution in [0.5, 0.6) is 5.75 Å². The normalized spacial score (nSPS) is 10.7. The van der Waals surface area contributed by atoms with E-state index in [1.807, 2.05) is 6.92 Å². The first-order valence-corrected chi connectivity index (χ1v) is 7.37. The standard InChI is InChI=1S/C15H13Cl2N3O3/c1-2-23-14-11(16)5-9(6-12(14)17)7-19-20-13-4-3-10(8-18-13)15(21)22/h3-8H,2H2,1H3,(H,18,20)(H,21,22)/b19-7+. The molecule has 120 valence electrons. The first-order chi connectivity index (χ1) is 11.0. The molecule has 0 fully saturated rings. The molecule has 0 aliphatic rings. The number of hydrogen-bond acceptors (Lipinski definition) is 5. The Morgan fingerprint density at radius 2 is 2.09 bits per heavy atom. The fourth-order valence-corrected chi connectivity index (χ4v) is 2.31. The van der Waals surface area contributed by atoms with Crippen molar-refractivity contribution < 1.29 is 14.6 Å². The highest BCUT2D eigenvalue weighted by Crippen LogP contribution is 2.33. The van der Waals surface area contributed by atoms with Crippen LogP contribution in [-0.2, 0) is 0 Å². The molecule has 0 saturated heterocycles. The van der Waals surface area contributed by atoms with E-state index in [0.29, 0.717) is 33.8 Å². The number of aromatic carboxylic acids is 1. The first kappa shape index (κ1) is 17.1. The molecule has 0 unspecified atom stereocenters. The number of nitrogens with zero attached hydrogens (tertiary/aromatic N) is 2. The fraction of sp³-hybridized carbons (Fsp3) is 0.133. The molecule has 0 radical (unpaired) electrons. The minimum Gasteiger partial charge on any atom is -0.491 e. The van der Waals surface area contributed by atoms with Crippen LogP contribution in [0.15, 0.2) is 35.6 Å². The zero-order valence-electron chi connectivity index (χ0n) is 12.1. The zero-order chi connectivity index (χ0) is 16.8. The van der Waals surface area contributed by atoms with Crippen LogP contribution in [0.2, 0.25) is 10.0 Å². The highest BCUT2D eigenvalue weighted by Gasteiger charge is 2.08. The van der Waals surface area contributed by atoms with Crippen LogP contribution in [0.1, 0.15) is 22.8 Å². The maximum atomic E-state index is 10.7. The van der Waals surface area contributed by atoms with E-state index in [9.17, 15) is 4.79 Å². The number of aromatic nitrogens is 1. The van der Waals surface area contributed by atoms with E-state index in [4.69, 9.17) is 33.0 Å². The quantitative estimate of drug-likeness (QED) is 0.607. The SMILES string of the molecule is CCOc1c(Cl)cc(/C=N/Nc2ccc(C(=O)O)cn2)cc1Cl. The molecule has 0 bridgehead atoms. The second kappa shape index (κ2) is 7.80. The number of halogens is 2. The fourth-order valence-electron chi connectivity index (χ4n) is 1.70. The second-order valence-corrected chi connectivity index (χ2v) is 5.17. The zero-order valence-corrected chi connectivity index (χ0v) is 13.6. The molecular formula is C15H13Cl2N3O3. The van der Waals surface area contributed by atoms with E-state index in [-0.39, 0.29) is 5.56 Å². The van der Waals surface area contributed by atoms with E-state index < -0.39 is 5.97 Å². The van der Waals surface area contributed by atoms with E-state index in [2.05, 4.69) is 15.5 Å². The molecule has 8 heteroatoms. The molecule has 2 rings (SSSR count). The molecule has 6 nitrogen and oxygen atoms in total. The largest absolute Gasteiger partial charge is 0.491 e. The number of rotatable bonds is 6. The molecule has 2 aromatic rings. The summed E-state index contributed by atoms with van der Waals surface area (Å²) in [5.41, 5.74) is 3.47. The average Bonchev–Trinajstić information content (AvgIpc) is 2.51. The Hall–Kier alpha value is -2.31. The summed E-state index contributed by atoms with van der Waals surface area (Å²) < 4.78 is 5.34. The van der Waals surface area contributed by atoms with E-state index in [0.717, 1.165) is 0 Å². The molecule has 1 aromatic heterocycles. The molecule has 0 aliphatic carbocycles. The van der Waals surface area contributed by atoms with Crippen LogP contribution in [0.25, 0.3) is 0 Å². The van der Waals surface area contributed by atoms with Gasteiger partial charge in [-0.2, -0.15) is 5.10 Å². The van der Waals surface area contributed by atoms with Gasteiger partial charge in [0.2, 0.25) is 0 Å². The topological polar surface area (TPSA) is 83.8 Å². The molecule has 0 spiro atoms. The second-order valence-electron chi connectivity index (χ2n) is 4.35. The van der Waals surface area contributed by atoms with Crippen LogP contribution < -0.4 is 10.2 Å². The lowest BCUT2D eigenvalue weighted by Gasteiger charge is -2.08. The minimum absolute atomic E-state index is 0.101. The Kier molecular flexibility index (Phi) is 5.78. The number of carboxylic acid groups (broad SMARTS) is 1. The molecule has 1 aromatic carbocycles. The van der Waals surface area contributed by atoms with Crippen molar-refractivity contribution >= 4 is 41.2 Å². The molecule has 0 aliphatic heterocycles. The van der Waals surface area contributed by atoms with Gasteiger partial charge in [0, 0.05) is 6.20 Å². The predicted octanol–water partition coefficient (Wildman–Crippen LogP) is 3.93. The van der Waals surface area contributed by atoms with E-state index >= 15 is 0 Å². The summed E-state index contributed by atoms with van der Waals surface area (Å²) in [4.78, 5) is 14.7. The number of ether oxygens (including phenoxy) is 1. The molecule has 0 atom stereocenters. The van der Waals surface area contributed by atoms with Gasteiger partial charge in [-0.15, -0.1) is 0 Å². The number of carbonyl (C=O) groups is 1. The summed E-state index contributed by atoms with van der Waals surface area (Å²) in [6.45, 7) is 2.31. The number of hydrazone groups is 1. The van der Waals surface area contributed by atoms with Crippen LogP contribution >= 0.6 is 23.2 Å². The Morgan fingerprint density at radius 1 is 1.39 bits per heavy atom. The molecule has 1 heterocycles. The van der Waals surface area contributed by atoms with Gasteiger partial charge in [-0.3, -0.25) is 5.43 Å². The Balaban J connectivity index is 2.07. The van der Waals surface area contributed by atoms with Gasteiger partial charge < -0.3 is 9.84 Å². The van der Waals surface area contributed by atoms with E-state index in [1.165, 1.54) is 24.5 Å². The summed E-state index contributed by atoms with van der Waals surface area (Å²) in [7, 11) is 0. The lowest BCUT2D eigenvalue weighted by atomic mass is 10.2. The Morgan fingerprint density at radius 3 is 2.61 bits per heavy atom. The van der Waals surface area contributed by atoms with Gasteiger partial charge >= 0.3 is 5.97 Å². The van der Waals surface area contributed by atoms with Gasteiger partial charge in [0.15, 0.2) is 5.75 Å². The highest BCUT2D eigenvalue weighted by atomic mass is 35.5. The summed E-state index contributed by atoms with van der Waals surface area (Å²) in [6, 6.07) is 6.28. The maximum absolute atomic E-state index is 10.7. The van der Waals surface area contributed by atoms with Gasteiger partial charge in [-0.05, 0) is 36.8 Å². The van der Waals surface area contributed by atoms with Gasteiger partial charge in [-0.1, -0.05) is 23.2 Å². The monoisotopic (exact) mass is 353 g/mol. The summed E-state index contributed by atoms with van der Waals surface area (Å²) >= 11 is 12.2. The number of anilines is 1. The van der Waals surface area contributed by atoms with Crippen molar-refractivity contribution in [1.82, 2.24) is 4.98 Å². The third-order valence-corrected chi connectivity index (χ3v) is 3.27. The van der Waals surface area contributed by atoms with Crippen molar-refractivity contribution in [2.45, 2.75) is 6.92 Å². The number of carboxylic acids is 1. The minimum atomic E-state index is -1.04. The molecule has 0 saturated carbocycles. The number of pyridine rings is 1. The predicted molar refractivity (Wildman–Crippen MR) is 90.0 cm³/mol. The molecule has 2 N–H and O–H groups in total. The van der Waals surface area contributed by atoms with E-state index in [1.54, 1.807) is 12.1 Å². The van der Waals surface area contributed by atoms with Crippen LogP contribution in [-0.4, -0.2) is 28.9 Å². The third-order valence-electron chi connectivity index (χ3n) is 2.71. The van der Waals surface area contributed by atoms with Crippen LogP contribution in [0.4, 0.5) is 5.82 Å². The molecule has 23 heavy (non-hydrogen) atoms.